The summed E-state index contributed by atoms with van der Waals surface area (Å²) in [4.78, 5) is 28.0. The summed E-state index contributed by atoms with van der Waals surface area (Å²) in [6.45, 7) is 4.92. The maximum Gasteiger partial charge on any atom is 0.264 e. The molecule has 0 aliphatic rings. The maximum absolute atomic E-state index is 14.9. The predicted molar refractivity (Wildman–Crippen MR) is 147 cm³/mol. The number of sulfonamides is 1. The molecule has 3 aromatic rings. The highest BCUT2D eigenvalue weighted by Gasteiger charge is 2.33. The molecule has 2 atom stereocenters. The summed E-state index contributed by atoms with van der Waals surface area (Å²) >= 11 is 0. The highest BCUT2D eigenvalue weighted by Crippen LogP contribution is 2.26. The molecule has 1 N–H and O–H groups in total. The van der Waals surface area contributed by atoms with Crippen molar-refractivity contribution in [3.8, 4) is 0 Å². The van der Waals surface area contributed by atoms with Gasteiger partial charge in [-0.15, -0.1) is 0 Å². The number of halogens is 1. The Kier molecular flexibility index (Phi) is 10.0. The smallest absolute Gasteiger partial charge is 0.264 e. The van der Waals surface area contributed by atoms with Crippen LogP contribution in [0, 0.1) is 5.82 Å². The molecular weight excluding hydrogens is 505 g/mol. The average molecular weight is 540 g/mol. The fourth-order valence-electron chi connectivity index (χ4n) is 3.92. The molecule has 0 aliphatic heterocycles. The number of hydrogen-bond donors (Lipinski definition) is 1. The second-order valence-corrected chi connectivity index (χ2v) is 11.0. The topological polar surface area (TPSA) is 86.8 Å². The van der Waals surface area contributed by atoms with Crippen molar-refractivity contribution in [1.82, 2.24) is 10.2 Å². The van der Waals surface area contributed by atoms with Crippen molar-refractivity contribution < 1.29 is 22.4 Å². The van der Waals surface area contributed by atoms with Crippen LogP contribution in [0.15, 0.2) is 89.8 Å². The Morgan fingerprint density at radius 2 is 1.47 bits per heavy atom. The first kappa shape index (κ1) is 28.8. The molecule has 0 saturated carbocycles. The summed E-state index contributed by atoms with van der Waals surface area (Å²) in [5.74, 6) is -1.74. The second kappa shape index (κ2) is 13.2. The van der Waals surface area contributed by atoms with Gasteiger partial charge in [-0.3, -0.25) is 13.9 Å². The number of benzene rings is 3. The third kappa shape index (κ3) is 7.19. The molecule has 3 aromatic carbocycles. The van der Waals surface area contributed by atoms with Crippen LogP contribution in [0.25, 0.3) is 0 Å². The van der Waals surface area contributed by atoms with E-state index >= 15 is 0 Å². The van der Waals surface area contributed by atoms with E-state index in [0.29, 0.717) is 12.8 Å². The van der Waals surface area contributed by atoms with Gasteiger partial charge in [-0.25, -0.2) is 12.8 Å². The standard InChI is InChI=1S/C29H34FN3O4S/c1-4-22(2)31-29(35)23(3)32(20-19-24-13-7-5-8-14-24)28(34)21-33(27-18-12-11-17-26(27)30)38(36,37)25-15-9-6-10-16-25/h5-18,22-23H,4,19-21H2,1-3H3,(H,31,35)/t22-,23-/m1/s1. The first-order chi connectivity index (χ1) is 18.1. The zero-order valence-electron chi connectivity index (χ0n) is 21.9. The third-order valence-electron chi connectivity index (χ3n) is 6.38. The summed E-state index contributed by atoms with van der Waals surface area (Å²) in [5.41, 5.74) is 0.715. The van der Waals surface area contributed by atoms with Crippen LogP contribution in [0.4, 0.5) is 10.1 Å². The van der Waals surface area contributed by atoms with E-state index in [1.165, 1.54) is 35.2 Å². The number of carbonyl (C=O) groups excluding carboxylic acids is 2. The van der Waals surface area contributed by atoms with Crippen LogP contribution in [0.1, 0.15) is 32.8 Å². The highest BCUT2D eigenvalue weighted by atomic mass is 32.2. The third-order valence-corrected chi connectivity index (χ3v) is 8.16. The van der Waals surface area contributed by atoms with Crippen LogP contribution in [-0.4, -0.2) is 50.3 Å². The second-order valence-electron chi connectivity index (χ2n) is 9.09. The Labute approximate surface area is 224 Å². The lowest BCUT2D eigenvalue weighted by molar-refractivity contribution is -0.139. The fourth-order valence-corrected chi connectivity index (χ4v) is 5.37. The molecule has 38 heavy (non-hydrogen) atoms. The zero-order valence-corrected chi connectivity index (χ0v) is 22.7. The van der Waals surface area contributed by atoms with Crippen LogP contribution >= 0.6 is 0 Å². The summed E-state index contributed by atoms with van der Waals surface area (Å²) in [5, 5.41) is 2.89. The molecule has 0 bridgehead atoms. The van der Waals surface area contributed by atoms with E-state index in [9.17, 15) is 22.4 Å². The van der Waals surface area contributed by atoms with Gasteiger partial charge in [0.1, 0.15) is 18.4 Å². The number of amides is 2. The van der Waals surface area contributed by atoms with Crippen molar-refractivity contribution in [3.63, 3.8) is 0 Å². The van der Waals surface area contributed by atoms with Gasteiger partial charge in [0.25, 0.3) is 10.0 Å². The van der Waals surface area contributed by atoms with Gasteiger partial charge < -0.3 is 10.2 Å². The first-order valence-electron chi connectivity index (χ1n) is 12.6. The Morgan fingerprint density at radius 3 is 2.08 bits per heavy atom. The van der Waals surface area contributed by atoms with E-state index in [4.69, 9.17) is 0 Å². The maximum atomic E-state index is 14.9. The van der Waals surface area contributed by atoms with E-state index in [-0.39, 0.29) is 29.1 Å². The molecule has 0 aromatic heterocycles. The van der Waals surface area contributed by atoms with Gasteiger partial charge >= 0.3 is 0 Å². The summed E-state index contributed by atoms with van der Waals surface area (Å²) < 4.78 is 42.9. The number of hydrogen-bond acceptors (Lipinski definition) is 4. The van der Waals surface area contributed by atoms with Crippen molar-refractivity contribution >= 4 is 27.5 Å². The number of para-hydroxylation sites is 1. The molecule has 3 rings (SSSR count). The molecule has 202 valence electrons. The number of anilines is 1. The molecule has 7 nitrogen and oxygen atoms in total. The van der Waals surface area contributed by atoms with Gasteiger partial charge in [0, 0.05) is 12.6 Å². The van der Waals surface area contributed by atoms with Crippen molar-refractivity contribution in [2.45, 2.75) is 50.6 Å². The normalized spacial score (nSPS) is 12.8. The van der Waals surface area contributed by atoms with Crippen molar-refractivity contribution in [1.29, 1.82) is 0 Å². The number of nitrogens with zero attached hydrogens (tertiary/aromatic N) is 2. The molecule has 9 heteroatoms. The van der Waals surface area contributed by atoms with E-state index in [0.717, 1.165) is 15.9 Å². The minimum atomic E-state index is -4.30. The SMILES string of the molecule is CC[C@@H](C)NC(=O)[C@@H](C)N(CCc1ccccc1)C(=O)CN(c1ccccc1F)S(=O)(=O)c1ccccc1. The van der Waals surface area contributed by atoms with Crippen LogP contribution < -0.4 is 9.62 Å². The average Bonchev–Trinajstić information content (AvgIpc) is 2.93. The fraction of sp³-hybridized carbons (Fsp3) is 0.310. The Morgan fingerprint density at radius 1 is 0.895 bits per heavy atom. The molecule has 0 radical (unpaired) electrons. The Hall–Kier alpha value is -3.72. The lowest BCUT2D eigenvalue weighted by Crippen LogP contribution is -2.53. The minimum Gasteiger partial charge on any atom is -0.352 e. The first-order valence-corrected chi connectivity index (χ1v) is 14.0. The molecule has 0 fully saturated rings. The van der Waals surface area contributed by atoms with Crippen molar-refractivity contribution in [2.75, 3.05) is 17.4 Å². The number of rotatable bonds is 12. The van der Waals surface area contributed by atoms with E-state index in [1.807, 2.05) is 44.2 Å². The van der Waals surface area contributed by atoms with Gasteiger partial charge in [-0.1, -0.05) is 67.6 Å². The summed E-state index contributed by atoms with van der Waals surface area (Å²) in [6, 6.07) is 21.5. The number of nitrogens with one attached hydrogen (secondary N) is 1. The molecule has 0 aliphatic carbocycles. The number of carbonyl (C=O) groups is 2. The van der Waals surface area contributed by atoms with Gasteiger partial charge in [-0.05, 0) is 56.5 Å². The van der Waals surface area contributed by atoms with Crippen molar-refractivity contribution in [2.24, 2.45) is 0 Å². The lowest BCUT2D eigenvalue weighted by atomic mass is 10.1. The quantitative estimate of drug-likeness (QED) is 0.370. The summed E-state index contributed by atoms with van der Waals surface area (Å²) in [6.07, 6.45) is 1.17. The van der Waals surface area contributed by atoms with Gasteiger partial charge in [0.15, 0.2) is 0 Å². The molecule has 0 unspecified atom stereocenters. The van der Waals surface area contributed by atoms with Crippen LogP contribution in [0.2, 0.25) is 0 Å². The monoisotopic (exact) mass is 539 g/mol. The Bertz CT molecular complexity index is 1320. The van der Waals surface area contributed by atoms with Crippen LogP contribution in [0.5, 0.6) is 0 Å². The molecule has 0 heterocycles. The van der Waals surface area contributed by atoms with Crippen LogP contribution in [0.3, 0.4) is 0 Å². The van der Waals surface area contributed by atoms with Crippen LogP contribution in [-0.2, 0) is 26.0 Å². The molecular formula is C29H34FN3O4S. The molecule has 2 amide bonds. The van der Waals surface area contributed by atoms with E-state index in [2.05, 4.69) is 5.32 Å². The van der Waals surface area contributed by atoms with Gasteiger partial charge in [-0.2, -0.15) is 0 Å². The predicted octanol–water partition coefficient (Wildman–Crippen LogP) is 4.40. The zero-order chi connectivity index (χ0) is 27.7. The van der Waals surface area contributed by atoms with Gasteiger partial charge in [0.2, 0.25) is 11.8 Å². The van der Waals surface area contributed by atoms with E-state index in [1.54, 1.807) is 25.1 Å². The molecule has 0 saturated heterocycles. The minimum absolute atomic E-state index is 0.0746. The van der Waals surface area contributed by atoms with Gasteiger partial charge in [0.05, 0.1) is 10.6 Å². The van der Waals surface area contributed by atoms with Crippen molar-refractivity contribution in [3.05, 3.63) is 96.3 Å². The largest absolute Gasteiger partial charge is 0.352 e. The summed E-state index contributed by atoms with van der Waals surface area (Å²) in [7, 11) is -4.30. The molecule has 0 spiro atoms. The van der Waals surface area contributed by atoms with E-state index < -0.39 is 34.3 Å². The lowest BCUT2D eigenvalue weighted by Gasteiger charge is -2.32. The Balaban J connectivity index is 1.97. The highest BCUT2D eigenvalue weighted by molar-refractivity contribution is 7.92.